The zero-order valence-corrected chi connectivity index (χ0v) is 24.5. The zero-order valence-electron chi connectivity index (χ0n) is 23.0. The molecule has 1 atom stereocenters. The van der Waals surface area contributed by atoms with Gasteiger partial charge in [0, 0.05) is 37.4 Å². The van der Waals surface area contributed by atoms with Crippen molar-refractivity contribution in [2.45, 2.75) is 31.1 Å². The fraction of sp³-hybridized carbons (Fsp3) is 0.207. The Labute approximate surface area is 243 Å². The van der Waals surface area contributed by atoms with Gasteiger partial charge >= 0.3 is 0 Å². The number of imidazole rings is 1. The summed E-state index contributed by atoms with van der Waals surface area (Å²) in [5.74, 6) is 6.80. The standard InChI is InChI=1S/C29H31ClF2N6O2S/c1-18(20-8-11-23(30)12-9-20)28(16-33)38(34)27-15-22(21-6-5-7-24(14-21)41(39,40)36(3)4)10-13-26(27)37-17-25(29(31)32)35-19(37)2/h5-18,29H,33-34H2,1-4H3/b28-16-. The molecule has 216 valence electrons. The first-order valence-electron chi connectivity index (χ1n) is 12.6. The Kier molecular flexibility index (Phi) is 8.83. The first kappa shape index (κ1) is 30.2. The van der Waals surface area contributed by atoms with Crippen LogP contribution in [-0.4, -0.2) is 36.4 Å². The number of hydrogen-bond donors (Lipinski definition) is 2. The molecule has 0 bridgehead atoms. The lowest BCUT2D eigenvalue weighted by atomic mass is 9.97. The highest BCUT2D eigenvalue weighted by molar-refractivity contribution is 7.89. The Balaban J connectivity index is 1.88. The summed E-state index contributed by atoms with van der Waals surface area (Å²) >= 11 is 6.07. The van der Waals surface area contributed by atoms with Gasteiger partial charge in [0.05, 0.1) is 22.0 Å². The molecular formula is C29H31ClF2N6O2S. The van der Waals surface area contributed by atoms with E-state index < -0.39 is 16.4 Å². The predicted molar refractivity (Wildman–Crippen MR) is 158 cm³/mol. The summed E-state index contributed by atoms with van der Waals surface area (Å²) in [4.78, 5) is 4.14. The van der Waals surface area contributed by atoms with E-state index in [0.717, 1.165) is 9.87 Å². The zero-order chi connectivity index (χ0) is 30.1. The maximum Gasteiger partial charge on any atom is 0.281 e. The maximum absolute atomic E-state index is 13.5. The van der Waals surface area contributed by atoms with Crippen LogP contribution < -0.4 is 16.6 Å². The van der Waals surface area contributed by atoms with E-state index in [4.69, 9.17) is 23.2 Å². The molecule has 0 radical (unpaired) electrons. The molecular weight excluding hydrogens is 570 g/mol. The molecule has 41 heavy (non-hydrogen) atoms. The number of nitrogens with zero attached hydrogens (tertiary/aromatic N) is 4. The molecule has 0 saturated heterocycles. The summed E-state index contributed by atoms with van der Waals surface area (Å²) < 4.78 is 55.3. The molecule has 4 rings (SSSR count). The number of hydrogen-bond acceptors (Lipinski definition) is 6. The molecule has 1 aromatic heterocycles. The van der Waals surface area contributed by atoms with Crippen molar-refractivity contribution in [2.75, 3.05) is 19.1 Å². The Morgan fingerprint density at radius 1 is 1.05 bits per heavy atom. The van der Waals surface area contributed by atoms with Gasteiger partial charge in [0.1, 0.15) is 11.5 Å². The SMILES string of the molecule is Cc1nc(C(F)F)cn1-c1ccc(-c2cccc(S(=O)(=O)N(C)C)c2)cc1N(N)/C(=C\N)C(C)c1ccc(Cl)cc1. The average molecular weight is 601 g/mol. The minimum absolute atomic E-state index is 0.126. The summed E-state index contributed by atoms with van der Waals surface area (Å²) in [6.07, 6.45) is -0.0892. The molecule has 0 fully saturated rings. The minimum atomic E-state index is -3.68. The summed E-state index contributed by atoms with van der Waals surface area (Å²) in [5.41, 5.74) is 9.33. The second-order valence-electron chi connectivity index (χ2n) is 9.64. The third-order valence-corrected chi connectivity index (χ3v) is 8.89. The first-order valence-corrected chi connectivity index (χ1v) is 14.4. The van der Waals surface area contributed by atoms with E-state index in [1.165, 1.54) is 42.1 Å². The molecule has 3 aromatic carbocycles. The van der Waals surface area contributed by atoms with Crippen LogP contribution in [0.25, 0.3) is 16.8 Å². The molecule has 0 spiro atoms. The van der Waals surface area contributed by atoms with E-state index in [9.17, 15) is 17.2 Å². The molecule has 8 nitrogen and oxygen atoms in total. The van der Waals surface area contributed by atoms with Gasteiger partial charge in [-0.25, -0.2) is 32.3 Å². The number of benzene rings is 3. The van der Waals surface area contributed by atoms with Gasteiger partial charge in [0.2, 0.25) is 10.0 Å². The van der Waals surface area contributed by atoms with Crippen LogP contribution in [0.3, 0.4) is 0 Å². The second kappa shape index (κ2) is 12.0. The Morgan fingerprint density at radius 3 is 2.29 bits per heavy atom. The van der Waals surface area contributed by atoms with Gasteiger partial charge in [-0.1, -0.05) is 48.9 Å². The maximum atomic E-state index is 13.5. The van der Waals surface area contributed by atoms with Crippen molar-refractivity contribution in [3.63, 3.8) is 0 Å². The normalized spacial score (nSPS) is 13.2. The lowest BCUT2D eigenvalue weighted by Crippen LogP contribution is -2.34. The van der Waals surface area contributed by atoms with E-state index in [0.29, 0.717) is 39.0 Å². The van der Waals surface area contributed by atoms with Crippen molar-refractivity contribution < 1.29 is 17.2 Å². The van der Waals surface area contributed by atoms with Crippen molar-refractivity contribution in [3.05, 3.63) is 107 Å². The van der Waals surface area contributed by atoms with Gasteiger partial charge in [-0.05, 0) is 60.0 Å². The average Bonchev–Trinajstić information content (AvgIpc) is 3.35. The fourth-order valence-electron chi connectivity index (χ4n) is 4.49. The summed E-state index contributed by atoms with van der Waals surface area (Å²) in [6, 6.07) is 19.1. The van der Waals surface area contributed by atoms with Crippen LogP contribution in [0.2, 0.25) is 5.02 Å². The van der Waals surface area contributed by atoms with Gasteiger partial charge in [-0.2, -0.15) is 0 Å². The van der Waals surface area contributed by atoms with Gasteiger partial charge in [0.15, 0.2) is 0 Å². The highest BCUT2D eigenvalue weighted by atomic mass is 35.5. The van der Waals surface area contributed by atoms with Crippen molar-refractivity contribution >= 4 is 27.3 Å². The number of nitrogens with two attached hydrogens (primary N) is 2. The van der Waals surface area contributed by atoms with E-state index in [-0.39, 0.29) is 16.5 Å². The number of sulfonamides is 1. The van der Waals surface area contributed by atoms with Crippen molar-refractivity contribution in [1.29, 1.82) is 0 Å². The van der Waals surface area contributed by atoms with Crippen LogP contribution in [0.5, 0.6) is 0 Å². The summed E-state index contributed by atoms with van der Waals surface area (Å²) in [5, 5.41) is 1.99. The molecule has 0 saturated carbocycles. The number of aryl methyl sites for hydroxylation is 1. The number of halogens is 3. The van der Waals surface area contributed by atoms with Crippen molar-refractivity contribution in [3.8, 4) is 16.8 Å². The van der Waals surface area contributed by atoms with Crippen LogP contribution in [0.15, 0.2) is 89.7 Å². The molecule has 0 aliphatic rings. The van der Waals surface area contributed by atoms with Crippen LogP contribution in [0.4, 0.5) is 14.5 Å². The monoisotopic (exact) mass is 600 g/mol. The largest absolute Gasteiger partial charge is 0.403 e. The minimum Gasteiger partial charge on any atom is -0.403 e. The van der Waals surface area contributed by atoms with E-state index >= 15 is 0 Å². The van der Waals surface area contributed by atoms with Gasteiger partial charge in [0.25, 0.3) is 6.43 Å². The number of anilines is 1. The smallest absolute Gasteiger partial charge is 0.281 e. The van der Waals surface area contributed by atoms with Gasteiger partial charge in [-0.15, -0.1) is 0 Å². The predicted octanol–water partition coefficient (Wildman–Crippen LogP) is 5.97. The van der Waals surface area contributed by atoms with Crippen LogP contribution in [0.1, 0.15) is 36.3 Å². The molecule has 0 amide bonds. The lowest BCUT2D eigenvalue weighted by Gasteiger charge is -2.29. The van der Waals surface area contributed by atoms with Gasteiger partial charge < -0.3 is 10.3 Å². The van der Waals surface area contributed by atoms with Crippen LogP contribution in [0, 0.1) is 6.92 Å². The molecule has 0 aliphatic carbocycles. The van der Waals surface area contributed by atoms with Crippen LogP contribution >= 0.6 is 11.6 Å². The number of allylic oxidation sites excluding steroid dienone is 1. The van der Waals surface area contributed by atoms with Crippen LogP contribution in [-0.2, 0) is 10.0 Å². The number of rotatable bonds is 9. The number of hydrazine groups is 1. The van der Waals surface area contributed by atoms with E-state index in [2.05, 4.69) is 4.98 Å². The molecule has 1 heterocycles. The van der Waals surface area contributed by atoms with E-state index in [1.807, 2.05) is 19.1 Å². The molecule has 4 aromatic rings. The lowest BCUT2D eigenvalue weighted by molar-refractivity contribution is 0.146. The highest BCUT2D eigenvalue weighted by Crippen LogP contribution is 2.36. The quantitative estimate of drug-likeness (QED) is 0.181. The summed E-state index contributed by atoms with van der Waals surface area (Å²) in [7, 11) is -0.752. The highest BCUT2D eigenvalue weighted by Gasteiger charge is 2.24. The van der Waals surface area contributed by atoms with Crippen molar-refractivity contribution in [2.24, 2.45) is 11.6 Å². The Hall–Kier alpha value is -3.77. The fourth-order valence-corrected chi connectivity index (χ4v) is 5.56. The number of aromatic nitrogens is 2. The Bertz CT molecular complexity index is 1690. The molecule has 12 heteroatoms. The first-order chi connectivity index (χ1) is 19.3. The van der Waals surface area contributed by atoms with Gasteiger partial charge in [-0.3, -0.25) is 5.01 Å². The Morgan fingerprint density at radius 2 is 1.71 bits per heavy atom. The topological polar surface area (TPSA) is 110 Å². The molecule has 4 N–H and O–H groups in total. The van der Waals surface area contributed by atoms with E-state index in [1.54, 1.807) is 55.5 Å². The molecule has 0 aliphatic heterocycles. The summed E-state index contributed by atoms with van der Waals surface area (Å²) in [6.45, 7) is 3.55. The second-order valence-corrected chi connectivity index (χ2v) is 12.2. The number of alkyl halides is 2. The third kappa shape index (κ3) is 6.13. The van der Waals surface area contributed by atoms with Crippen molar-refractivity contribution in [1.82, 2.24) is 13.9 Å². The molecule has 1 unspecified atom stereocenters. The third-order valence-electron chi connectivity index (χ3n) is 6.83.